The first-order chi connectivity index (χ1) is 9.10. The molecule has 0 aromatic carbocycles. The lowest BCUT2D eigenvalue weighted by molar-refractivity contribution is 0.0781. The van der Waals surface area contributed by atoms with Crippen LogP contribution in [0.1, 0.15) is 21.9 Å². The molecule has 2 aromatic rings. The molecule has 19 heavy (non-hydrogen) atoms. The first kappa shape index (κ1) is 13.1. The van der Waals surface area contributed by atoms with Gasteiger partial charge in [-0.15, -0.1) is 0 Å². The zero-order valence-corrected chi connectivity index (χ0v) is 11.3. The Morgan fingerprint density at radius 1 is 1.47 bits per heavy atom. The third kappa shape index (κ3) is 3.09. The van der Waals surface area contributed by atoms with E-state index in [0.717, 1.165) is 11.5 Å². The van der Waals surface area contributed by atoms with Crippen LogP contribution in [0, 0.1) is 6.92 Å². The second kappa shape index (κ2) is 5.51. The molecule has 0 atom stereocenters. The highest BCUT2D eigenvalue weighted by atomic mass is 16.2. The van der Waals surface area contributed by atoms with Crippen molar-refractivity contribution in [2.24, 2.45) is 0 Å². The summed E-state index contributed by atoms with van der Waals surface area (Å²) in [4.78, 5) is 25.3. The van der Waals surface area contributed by atoms with Crippen LogP contribution in [0.5, 0.6) is 0 Å². The molecule has 0 saturated carbocycles. The van der Waals surface area contributed by atoms with Crippen molar-refractivity contribution in [3.63, 3.8) is 0 Å². The van der Waals surface area contributed by atoms with E-state index in [1.807, 2.05) is 6.92 Å². The maximum absolute atomic E-state index is 12.3. The van der Waals surface area contributed by atoms with Gasteiger partial charge in [0, 0.05) is 37.7 Å². The van der Waals surface area contributed by atoms with Crippen molar-refractivity contribution in [2.75, 3.05) is 19.4 Å². The number of nitrogens with one attached hydrogen (secondary N) is 2. The number of H-pyrrole nitrogens is 1. The van der Waals surface area contributed by atoms with Gasteiger partial charge in [0.2, 0.25) is 0 Å². The average molecular weight is 259 g/mol. The molecule has 0 radical (unpaired) electrons. The van der Waals surface area contributed by atoms with Gasteiger partial charge >= 0.3 is 0 Å². The van der Waals surface area contributed by atoms with Crippen LogP contribution in [0.2, 0.25) is 0 Å². The molecule has 0 unspecified atom stereocenters. The number of amides is 1. The summed E-state index contributed by atoms with van der Waals surface area (Å²) in [5.41, 5.74) is 1.42. The molecule has 0 saturated heterocycles. The summed E-state index contributed by atoms with van der Waals surface area (Å²) in [6.45, 7) is 2.31. The summed E-state index contributed by atoms with van der Waals surface area (Å²) in [7, 11) is 3.53. The molecule has 6 nitrogen and oxygen atoms in total. The molecule has 0 bridgehead atoms. The molecule has 0 fully saturated rings. The predicted octanol–water partition coefficient (Wildman–Crippen LogP) is 1.43. The predicted molar refractivity (Wildman–Crippen MR) is 72.9 cm³/mol. The Bertz CT molecular complexity index is 564. The molecule has 1 amide bonds. The minimum Gasteiger partial charge on any atom is -0.373 e. The molecule has 0 aliphatic carbocycles. The number of rotatable bonds is 4. The van der Waals surface area contributed by atoms with E-state index in [1.54, 1.807) is 43.5 Å². The average Bonchev–Trinajstić information content (AvgIpc) is 2.89. The van der Waals surface area contributed by atoms with Gasteiger partial charge in [0.15, 0.2) is 0 Å². The second-order valence-electron chi connectivity index (χ2n) is 4.33. The van der Waals surface area contributed by atoms with Gasteiger partial charge in [0.1, 0.15) is 11.6 Å². The third-order valence-electron chi connectivity index (χ3n) is 2.74. The summed E-state index contributed by atoms with van der Waals surface area (Å²) in [6, 6.07) is 3.52. The number of carbonyl (C=O) groups excluding carboxylic acids is 1. The lowest BCUT2D eigenvalue weighted by Crippen LogP contribution is -2.27. The number of carbonyl (C=O) groups is 1. The van der Waals surface area contributed by atoms with E-state index >= 15 is 0 Å². The van der Waals surface area contributed by atoms with Gasteiger partial charge in [-0.3, -0.25) is 4.79 Å². The summed E-state index contributed by atoms with van der Waals surface area (Å²) in [5, 5.41) is 2.95. The fourth-order valence-corrected chi connectivity index (χ4v) is 1.82. The van der Waals surface area contributed by atoms with Crippen molar-refractivity contribution in [1.82, 2.24) is 19.9 Å². The minimum absolute atomic E-state index is 0.0570. The van der Waals surface area contributed by atoms with E-state index in [0.29, 0.717) is 17.9 Å². The van der Waals surface area contributed by atoms with Crippen LogP contribution in [0.3, 0.4) is 0 Å². The Hall–Kier alpha value is -2.37. The maximum atomic E-state index is 12.3. The highest BCUT2D eigenvalue weighted by Gasteiger charge is 2.14. The van der Waals surface area contributed by atoms with Crippen LogP contribution in [-0.2, 0) is 6.54 Å². The van der Waals surface area contributed by atoms with Crippen molar-refractivity contribution in [2.45, 2.75) is 13.5 Å². The third-order valence-corrected chi connectivity index (χ3v) is 2.74. The van der Waals surface area contributed by atoms with Gasteiger partial charge in [-0.25, -0.2) is 9.97 Å². The molecule has 100 valence electrons. The zero-order chi connectivity index (χ0) is 13.8. The van der Waals surface area contributed by atoms with Gasteiger partial charge in [-0.1, -0.05) is 0 Å². The summed E-state index contributed by atoms with van der Waals surface area (Å²) < 4.78 is 0. The molecule has 2 heterocycles. The molecule has 0 aliphatic heterocycles. The number of hydrogen-bond donors (Lipinski definition) is 2. The van der Waals surface area contributed by atoms with Crippen LogP contribution < -0.4 is 5.32 Å². The summed E-state index contributed by atoms with van der Waals surface area (Å²) in [6.07, 6.45) is 3.41. The summed E-state index contributed by atoms with van der Waals surface area (Å²) in [5.74, 6) is 1.39. The van der Waals surface area contributed by atoms with E-state index in [9.17, 15) is 4.79 Å². The van der Waals surface area contributed by atoms with E-state index < -0.39 is 0 Å². The maximum Gasteiger partial charge on any atom is 0.254 e. The van der Waals surface area contributed by atoms with Crippen LogP contribution in [0.25, 0.3) is 0 Å². The highest BCUT2D eigenvalue weighted by molar-refractivity contribution is 5.94. The van der Waals surface area contributed by atoms with Crippen LogP contribution in [0.15, 0.2) is 24.5 Å². The minimum atomic E-state index is -0.0570. The molecule has 2 rings (SSSR count). The van der Waals surface area contributed by atoms with Crippen molar-refractivity contribution in [1.29, 1.82) is 0 Å². The van der Waals surface area contributed by atoms with E-state index in [2.05, 4.69) is 20.3 Å². The SMILES string of the molecule is CNc1cc(C(=O)N(C)Cc2ncc[nH]2)cc(C)n1. The summed E-state index contributed by atoms with van der Waals surface area (Å²) >= 11 is 0. The Morgan fingerprint density at radius 3 is 2.89 bits per heavy atom. The van der Waals surface area contributed by atoms with Gasteiger partial charge in [-0.05, 0) is 19.1 Å². The Labute approximate surface area is 111 Å². The molecular formula is C13H17N5O. The first-order valence-electron chi connectivity index (χ1n) is 6.00. The second-order valence-corrected chi connectivity index (χ2v) is 4.33. The van der Waals surface area contributed by atoms with Crippen molar-refractivity contribution in [3.05, 3.63) is 41.6 Å². The Balaban J connectivity index is 2.16. The number of aryl methyl sites for hydroxylation is 1. The largest absolute Gasteiger partial charge is 0.373 e. The standard InChI is InChI=1S/C13H17N5O/c1-9-6-10(7-11(14-2)17-9)13(19)18(3)8-12-15-4-5-16-12/h4-7H,8H2,1-3H3,(H,14,17)(H,15,16). The highest BCUT2D eigenvalue weighted by Crippen LogP contribution is 2.12. The van der Waals surface area contributed by atoms with Gasteiger partial charge in [0.25, 0.3) is 5.91 Å². The zero-order valence-electron chi connectivity index (χ0n) is 11.3. The van der Waals surface area contributed by atoms with E-state index in [1.165, 1.54) is 0 Å². The number of hydrogen-bond acceptors (Lipinski definition) is 4. The molecule has 2 aromatic heterocycles. The number of pyridine rings is 1. The number of imidazole rings is 1. The number of anilines is 1. The monoisotopic (exact) mass is 259 g/mol. The van der Waals surface area contributed by atoms with Gasteiger partial charge in [-0.2, -0.15) is 0 Å². The normalized spacial score (nSPS) is 10.3. The fraction of sp³-hybridized carbons (Fsp3) is 0.308. The first-order valence-corrected chi connectivity index (χ1v) is 6.00. The number of aromatic nitrogens is 3. The molecule has 2 N–H and O–H groups in total. The molecule has 0 aliphatic rings. The van der Waals surface area contributed by atoms with E-state index in [4.69, 9.17) is 0 Å². The lowest BCUT2D eigenvalue weighted by atomic mass is 10.2. The van der Waals surface area contributed by atoms with Crippen LogP contribution in [0.4, 0.5) is 5.82 Å². The quantitative estimate of drug-likeness (QED) is 0.871. The molecular weight excluding hydrogens is 242 g/mol. The van der Waals surface area contributed by atoms with Gasteiger partial charge < -0.3 is 15.2 Å². The number of nitrogens with zero attached hydrogens (tertiary/aromatic N) is 3. The lowest BCUT2D eigenvalue weighted by Gasteiger charge is -2.16. The Kier molecular flexibility index (Phi) is 3.79. The van der Waals surface area contributed by atoms with Gasteiger partial charge in [0.05, 0.1) is 6.54 Å². The van der Waals surface area contributed by atoms with Crippen LogP contribution >= 0.6 is 0 Å². The molecule has 0 spiro atoms. The fourth-order valence-electron chi connectivity index (χ4n) is 1.82. The van der Waals surface area contributed by atoms with E-state index in [-0.39, 0.29) is 5.91 Å². The molecule has 6 heteroatoms. The Morgan fingerprint density at radius 2 is 2.26 bits per heavy atom. The smallest absolute Gasteiger partial charge is 0.254 e. The number of aromatic amines is 1. The van der Waals surface area contributed by atoms with Crippen LogP contribution in [-0.4, -0.2) is 39.9 Å². The van der Waals surface area contributed by atoms with Crippen molar-refractivity contribution in [3.8, 4) is 0 Å². The van der Waals surface area contributed by atoms with Crippen molar-refractivity contribution >= 4 is 11.7 Å². The van der Waals surface area contributed by atoms with Crippen molar-refractivity contribution < 1.29 is 4.79 Å². The topological polar surface area (TPSA) is 73.9 Å².